The fraction of sp³-hybridized carbons (Fsp3) is 0.500. The quantitative estimate of drug-likeness (QED) is 0.861. The molecule has 1 aliphatic rings. The minimum Gasteiger partial charge on any atom is -0.387 e. The third-order valence-corrected chi connectivity index (χ3v) is 5.35. The van der Waals surface area contributed by atoms with E-state index >= 15 is 0 Å². The number of nitriles is 1. The zero-order valence-electron chi connectivity index (χ0n) is 12.2. The van der Waals surface area contributed by atoms with Crippen LogP contribution in [0.3, 0.4) is 0 Å². The number of sulfonamides is 1. The molecule has 21 heavy (non-hydrogen) atoms. The van der Waals surface area contributed by atoms with Crippen LogP contribution in [0.2, 0.25) is 0 Å². The molecule has 1 aromatic rings. The van der Waals surface area contributed by atoms with Gasteiger partial charge in [-0.3, -0.25) is 0 Å². The van der Waals surface area contributed by atoms with Crippen LogP contribution in [0.5, 0.6) is 0 Å². The number of benzene rings is 1. The Morgan fingerprint density at radius 2 is 2.19 bits per heavy atom. The van der Waals surface area contributed by atoms with E-state index in [1.807, 2.05) is 25.1 Å². The van der Waals surface area contributed by atoms with Gasteiger partial charge in [-0.25, -0.2) is 8.42 Å². The van der Waals surface area contributed by atoms with E-state index in [1.54, 1.807) is 12.1 Å². The van der Waals surface area contributed by atoms with Crippen LogP contribution in [-0.2, 0) is 10.0 Å². The van der Waals surface area contributed by atoms with E-state index in [9.17, 15) is 13.5 Å². The van der Waals surface area contributed by atoms with Gasteiger partial charge in [0.05, 0.1) is 22.1 Å². The summed E-state index contributed by atoms with van der Waals surface area (Å²) in [6, 6.07) is 7.87. The molecule has 1 aromatic carbocycles. The first-order valence-corrected chi connectivity index (χ1v) is 8.08. The van der Waals surface area contributed by atoms with E-state index < -0.39 is 15.6 Å². The van der Waals surface area contributed by atoms with Crippen molar-refractivity contribution in [2.45, 2.75) is 16.9 Å². The minimum atomic E-state index is -3.67. The highest BCUT2D eigenvalue weighted by atomic mass is 32.2. The zero-order chi connectivity index (χ0) is 15.7. The van der Waals surface area contributed by atoms with Crippen molar-refractivity contribution >= 4 is 10.0 Å². The van der Waals surface area contributed by atoms with Crippen LogP contribution in [-0.4, -0.2) is 62.1 Å². The molecule has 0 saturated carbocycles. The molecule has 6 nitrogen and oxygen atoms in total. The molecule has 1 N–H and O–H groups in total. The molecule has 1 unspecified atom stereocenters. The molecule has 0 spiro atoms. The molecule has 1 saturated heterocycles. The van der Waals surface area contributed by atoms with Gasteiger partial charge in [-0.15, -0.1) is 0 Å². The lowest BCUT2D eigenvalue weighted by Crippen LogP contribution is -2.43. The van der Waals surface area contributed by atoms with Crippen molar-refractivity contribution in [3.05, 3.63) is 29.8 Å². The van der Waals surface area contributed by atoms with E-state index in [1.165, 1.54) is 16.4 Å². The van der Waals surface area contributed by atoms with Crippen molar-refractivity contribution in [3.8, 4) is 6.07 Å². The molecular weight excluding hydrogens is 290 g/mol. The second-order valence-electron chi connectivity index (χ2n) is 5.69. The van der Waals surface area contributed by atoms with E-state index in [4.69, 9.17) is 5.26 Å². The maximum atomic E-state index is 12.6. The number of β-amino-alcohol motifs (C(OH)–C–C–N with tert-alkyl or cyclic N) is 1. The molecule has 1 atom stereocenters. The Bertz CT molecular complexity index is 666. The van der Waals surface area contributed by atoms with Crippen molar-refractivity contribution in [1.29, 1.82) is 5.26 Å². The van der Waals surface area contributed by atoms with Gasteiger partial charge in [0.1, 0.15) is 0 Å². The topological polar surface area (TPSA) is 84.6 Å². The molecule has 2 rings (SSSR count). The molecule has 0 amide bonds. The Hall–Kier alpha value is -1.46. The third kappa shape index (κ3) is 3.41. The normalized spacial score (nSPS) is 23.4. The Kier molecular flexibility index (Phi) is 4.35. The highest BCUT2D eigenvalue weighted by molar-refractivity contribution is 7.89. The first kappa shape index (κ1) is 15.9. The van der Waals surface area contributed by atoms with Crippen molar-refractivity contribution in [3.63, 3.8) is 0 Å². The molecule has 1 heterocycles. The standard InChI is InChI=1S/C14H19N3O3S/c1-16(2)10-14(18)6-7-17(11-14)21(19,20)13-5-3-4-12(8-13)9-15/h3-5,8,18H,6-7,10-11H2,1-2H3. The van der Waals surface area contributed by atoms with Gasteiger partial charge in [0.2, 0.25) is 10.0 Å². The van der Waals surface area contributed by atoms with Crippen LogP contribution in [0.15, 0.2) is 29.2 Å². The largest absolute Gasteiger partial charge is 0.387 e. The molecule has 0 aromatic heterocycles. The average Bonchev–Trinajstić information content (AvgIpc) is 2.80. The maximum absolute atomic E-state index is 12.6. The summed E-state index contributed by atoms with van der Waals surface area (Å²) in [7, 11) is 0.00319. The minimum absolute atomic E-state index is 0.0737. The van der Waals surface area contributed by atoms with E-state index in [2.05, 4.69) is 0 Å². The van der Waals surface area contributed by atoms with Gasteiger partial charge in [-0.05, 0) is 38.7 Å². The second kappa shape index (κ2) is 5.73. The SMILES string of the molecule is CN(C)CC1(O)CCN(S(=O)(=O)c2cccc(C#N)c2)C1. The lowest BCUT2D eigenvalue weighted by molar-refractivity contribution is 0.0302. The third-order valence-electron chi connectivity index (χ3n) is 3.51. The first-order valence-electron chi connectivity index (χ1n) is 6.64. The number of nitrogens with zero attached hydrogens (tertiary/aromatic N) is 3. The smallest absolute Gasteiger partial charge is 0.243 e. The van der Waals surface area contributed by atoms with Crippen molar-refractivity contribution < 1.29 is 13.5 Å². The van der Waals surface area contributed by atoms with Crippen molar-refractivity contribution in [2.24, 2.45) is 0 Å². The van der Waals surface area contributed by atoms with Gasteiger partial charge < -0.3 is 10.0 Å². The van der Waals surface area contributed by atoms with Crippen molar-refractivity contribution in [1.82, 2.24) is 9.21 Å². The van der Waals surface area contributed by atoms with Crippen LogP contribution >= 0.6 is 0 Å². The van der Waals surface area contributed by atoms with E-state index in [-0.39, 0.29) is 18.0 Å². The van der Waals surface area contributed by atoms with Crippen LogP contribution in [0.25, 0.3) is 0 Å². The van der Waals surface area contributed by atoms with Crippen LogP contribution in [0, 0.1) is 11.3 Å². The predicted octanol–water partition coefficient (Wildman–Crippen LogP) is 0.245. The Balaban J connectivity index is 2.24. The van der Waals surface area contributed by atoms with Gasteiger partial charge in [0, 0.05) is 19.6 Å². The zero-order valence-corrected chi connectivity index (χ0v) is 13.0. The summed E-state index contributed by atoms with van der Waals surface area (Å²) in [4.78, 5) is 1.93. The van der Waals surface area contributed by atoms with Gasteiger partial charge >= 0.3 is 0 Å². The lowest BCUT2D eigenvalue weighted by atomic mass is 10.0. The fourth-order valence-corrected chi connectivity index (χ4v) is 4.18. The molecule has 114 valence electrons. The monoisotopic (exact) mass is 309 g/mol. The lowest BCUT2D eigenvalue weighted by Gasteiger charge is -2.26. The Morgan fingerprint density at radius 1 is 1.48 bits per heavy atom. The van der Waals surface area contributed by atoms with Crippen LogP contribution in [0.1, 0.15) is 12.0 Å². The number of hydrogen-bond acceptors (Lipinski definition) is 5. The molecule has 0 aliphatic carbocycles. The van der Waals surface area contributed by atoms with Crippen LogP contribution < -0.4 is 0 Å². The molecule has 7 heteroatoms. The Labute approximate surface area is 125 Å². The number of likely N-dealkylation sites (N-methyl/N-ethyl adjacent to an activating group) is 1. The summed E-state index contributed by atoms with van der Waals surface area (Å²) in [6.45, 7) is 0.769. The molecular formula is C14H19N3O3S. The van der Waals surface area contributed by atoms with Gasteiger partial charge in [0.25, 0.3) is 0 Å². The average molecular weight is 309 g/mol. The van der Waals surface area contributed by atoms with Gasteiger partial charge in [0.15, 0.2) is 0 Å². The summed E-state index contributed by atoms with van der Waals surface area (Å²) < 4.78 is 26.4. The molecule has 1 fully saturated rings. The summed E-state index contributed by atoms with van der Waals surface area (Å²) >= 11 is 0. The first-order chi connectivity index (χ1) is 9.77. The maximum Gasteiger partial charge on any atom is 0.243 e. The van der Waals surface area contributed by atoms with Crippen molar-refractivity contribution in [2.75, 3.05) is 33.7 Å². The fourth-order valence-electron chi connectivity index (χ4n) is 2.62. The second-order valence-corrected chi connectivity index (χ2v) is 7.63. The summed E-state index contributed by atoms with van der Waals surface area (Å²) in [6.07, 6.45) is 0.405. The predicted molar refractivity (Wildman–Crippen MR) is 78.0 cm³/mol. The molecule has 0 radical (unpaired) electrons. The number of rotatable bonds is 4. The van der Waals surface area contributed by atoms with Gasteiger partial charge in [-0.1, -0.05) is 6.07 Å². The summed E-state index contributed by atoms with van der Waals surface area (Å²) in [5.74, 6) is 0. The van der Waals surface area contributed by atoms with E-state index in [0.29, 0.717) is 18.5 Å². The van der Waals surface area contributed by atoms with Crippen LogP contribution in [0.4, 0.5) is 0 Å². The summed E-state index contributed by atoms with van der Waals surface area (Å²) in [5, 5.41) is 19.3. The van der Waals surface area contributed by atoms with E-state index in [0.717, 1.165) is 0 Å². The highest BCUT2D eigenvalue weighted by Crippen LogP contribution is 2.27. The molecule has 0 bridgehead atoms. The Morgan fingerprint density at radius 3 is 2.81 bits per heavy atom. The molecule has 1 aliphatic heterocycles. The number of aliphatic hydroxyl groups is 1. The number of hydrogen-bond donors (Lipinski definition) is 1. The van der Waals surface area contributed by atoms with Gasteiger partial charge in [-0.2, -0.15) is 9.57 Å². The summed E-state index contributed by atoms with van der Waals surface area (Å²) in [5.41, 5.74) is -0.720. The highest BCUT2D eigenvalue weighted by Gasteiger charge is 2.41.